The molecule has 0 aromatic heterocycles. The number of methoxy groups -OCH3 is 1. The van der Waals surface area contributed by atoms with Crippen LogP contribution in [-0.4, -0.2) is 81.0 Å². The first kappa shape index (κ1) is 24.4. The van der Waals surface area contributed by atoms with Gasteiger partial charge in [-0.1, -0.05) is 30.3 Å². The number of guanidine groups is 1. The van der Waals surface area contributed by atoms with Crippen molar-refractivity contribution in [2.24, 2.45) is 4.99 Å². The zero-order valence-electron chi connectivity index (χ0n) is 17.9. The number of nitrogens with zero attached hydrogens (tertiary/aromatic N) is 3. The van der Waals surface area contributed by atoms with E-state index in [9.17, 15) is 0 Å². The van der Waals surface area contributed by atoms with Crippen molar-refractivity contribution in [1.29, 1.82) is 0 Å². The zero-order chi connectivity index (χ0) is 19.6. The van der Waals surface area contributed by atoms with Gasteiger partial charge in [-0.15, -0.1) is 24.0 Å². The second-order valence-corrected chi connectivity index (χ2v) is 7.63. The summed E-state index contributed by atoms with van der Waals surface area (Å²) in [5.41, 5.74) is 1.37. The average Bonchev–Trinajstić information content (AvgIpc) is 3.16. The van der Waals surface area contributed by atoms with Crippen molar-refractivity contribution >= 4 is 29.9 Å². The molecule has 0 amide bonds. The lowest BCUT2D eigenvalue weighted by atomic mass is 10.1. The van der Waals surface area contributed by atoms with Gasteiger partial charge in [-0.3, -0.25) is 9.89 Å². The first-order chi connectivity index (χ1) is 13.8. The summed E-state index contributed by atoms with van der Waals surface area (Å²) in [6, 6.07) is 11.2. The molecule has 1 aromatic carbocycles. The fourth-order valence-corrected chi connectivity index (χ4v) is 4.09. The Morgan fingerprint density at radius 1 is 1.21 bits per heavy atom. The summed E-state index contributed by atoms with van der Waals surface area (Å²) in [4.78, 5) is 9.84. The van der Waals surface area contributed by atoms with E-state index in [1.54, 1.807) is 7.11 Å². The number of halogens is 1. The normalized spacial score (nSPS) is 22.3. The second-order valence-electron chi connectivity index (χ2n) is 7.63. The largest absolute Gasteiger partial charge is 0.385 e. The zero-order valence-corrected chi connectivity index (χ0v) is 20.2. The van der Waals surface area contributed by atoms with E-state index in [4.69, 9.17) is 14.5 Å². The summed E-state index contributed by atoms with van der Waals surface area (Å²) in [5, 5.41) is 3.48. The lowest BCUT2D eigenvalue weighted by molar-refractivity contribution is -0.0502. The molecule has 2 heterocycles. The van der Waals surface area contributed by atoms with Crippen LogP contribution in [0.25, 0.3) is 0 Å². The van der Waals surface area contributed by atoms with Gasteiger partial charge in [-0.25, -0.2) is 0 Å². The molecule has 3 rings (SSSR count). The molecule has 2 fully saturated rings. The first-order valence-corrected chi connectivity index (χ1v) is 10.7. The Morgan fingerprint density at radius 2 is 2.03 bits per heavy atom. The van der Waals surface area contributed by atoms with Crippen LogP contribution in [0, 0.1) is 0 Å². The molecular weight excluding hydrogens is 479 g/mol. The van der Waals surface area contributed by atoms with Gasteiger partial charge in [0.1, 0.15) is 0 Å². The second kappa shape index (κ2) is 13.4. The van der Waals surface area contributed by atoms with E-state index in [1.807, 2.05) is 0 Å². The lowest BCUT2D eigenvalue weighted by Crippen LogP contribution is -2.50. The van der Waals surface area contributed by atoms with Crippen LogP contribution in [-0.2, 0) is 16.0 Å². The summed E-state index contributed by atoms with van der Waals surface area (Å²) < 4.78 is 11.2. The molecule has 1 N–H and O–H groups in total. The lowest BCUT2D eigenvalue weighted by Gasteiger charge is -2.36. The highest BCUT2D eigenvalue weighted by Gasteiger charge is 2.41. The number of morpholine rings is 1. The monoisotopic (exact) mass is 516 g/mol. The SMILES string of the molecule is CCNC(=NCCCCCOC)N1CC2OCCN(Cc3ccccc3)C2C1.I. The van der Waals surface area contributed by atoms with Crippen LogP contribution < -0.4 is 5.32 Å². The maximum absolute atomic E-state index is 6.12. The number of rotatable bonds is 9. The quantitative estimate of drug-likeness (QED) is 0.237. The number of benzene rings is 1. The first-order valence-electron chi connectivity index (χ1n) is 10.7. The molecule has 2 saturated heterocycles. The van der Waals surface area contributed by atoms with Crippen molar-refractivity contribution in [3.8, 4) is 0 Å². The van der Waals surface area contributed by atoms with Crippen molar-refractivity contribution < 1.29 is 9.47 Å². The number of unbranched alkanes of at least 4 members (excludes halogenated alkanes) is 2. The Bertz CT molecular complexity index is 602. The third-order valence-corrected chi connectivity index (χ3v) is 5.55. The molecule has 0 radical (unpaired) electrons. The number of ether oxygens (including phenoxy) is 2. The summed E-state index contributed by atoms with van der Waals surface area (Å²) in [5.74, 6) is 1.03. The van der Waals surface area contributed by atoms with Crippen molar-refractivity contribution in [2.45, 2.75) is 44.9 Å². The molecule has 2 unspecified atom stereocenters. The van der Waals surface area contributed by atoms with Gasteiger partial charge in [0.05, 0.1) is 18.8 Å². The van der Waals surface area contributed by atoms with Gasteiger partial charge in [0.15, 0.2) is 5.96 Å². The highest BCUT2D eigenvalue weighted by atomic mass is 127. The van der Waals surface area contributed by atoms with Gasteiger partial charge in [-0.2, -0.15) is 0 Å². The topological polar surface area (TPSA) is 49.3 Å². The van der Waals surface area contributed by atoms with Gasteiger partial charge in [-0.05, 0) is 31.7 Å². The average molecular weight is 516 g/mol. The van der Waals surface area contributed by atoms with Crippen molar-refractivity contribution in [3.05, 3.63) is 35.9 Å². The number of hydrogen-bond donors (Lipinski definition) is 1. The highest BCUT2D eigenvalue weighted by Crippen LogP contribution is 2.24. The summed E-state index contributed by atoms with van der Waals surface area (Å²) in [6.45, 7) is 9.44. The van der Waals surface area contributed by atoms with Crippen LogP contribution in [0.3, 0.4) is 0 Å². The van der Waals surface area contributed by atoms with Crippen LogP contribution in [0.1, 0.15) is 31.7 Å². The number of fused-ring (bicyclic) bond motifs is 1. The summed E-state index contributed by atoms with van der Waals surface area (Å²) >= 11 is 0. The molecule has 0 bridgehead atoms. The van der Waals surface area contributed by atoms with Crippen LogP contribution in [0.15, 0.2) is 35.3 Å². The Balaban J connectivity index is 0.00000300. The Hall–Kier alpha value is -0.900. The van der Waals surface area contributed by atoms with E-state index < -0.39 is 0 Å². The molecule has 2 atom stereocenters. The number of hydrogen-bond acceptors (Lipinski definition) is 4. The third-order valence-electron chi connectivity index (χ3n) is 5.55. The van der Waals surface area contributed by atoms with Crippen LogP contribution >= 0.6 is 24.0 Å². The maximum atomic E-state index is 6.12. The van der Waals surface area contributed by atoms with E-state index in [1.165, 1.54) is 5.56 Å². The predicted molar refractivity (Wildman–Crippen MR) is 129 cm³/mol. The minimum absolute atomic E-state index is 0. The van der Waals surface area contributed by atoms with Crippen molar-refractivity contribution in [2.75, 3.05) is 53.0 Å². The fourth-order valence-electron chi connectivity index (χ4n) is 4.09. The maximum Gasteiger partial charge on any atom is 0.194 e. The molecule has 0 saturated carbocycles. The van der Waals surface area contributed by atoms with Gasteiger partial charge < -0.3 is 19.7 Å². The highest BCUT2D eigenvalue weighted by molar-refractivity contribution is 14.0. The Morgan fingerprint density at radius 3 is 2.79 bits per heavy atom. The van der Waals surface area contributed by atoms with Crippen LogP contribution in [0.5, 0.6) is 0 Å². The minimum Gasteiger partial charge on any atom is -0.385 e. The number of aliphatic imine (C=N–C) groups is 1. The molecule has 0 aliphatic carbocycles. The molecule has 29 heavy (non-hydrogen) atoms. The molecule has 164 valence electrons. The van der Waals surface area contributed by atoms with Crippen molar-refractivity contribution in [3.63, 3.8) is 0 Å². The minimum atomic E-state index is 0. The van der Waals surface area contributed by atoms with E-state index >= 15 is 0 Å². The molecule has 1 aromatic rings. The molecule has 6 nitrogen and oxygen atoms in total. The van der Waals surface area contributed by atoms with Gasteiger partial charge in [0.2, 0.25) is 0 Å². The van der Waals surface area contributed by atoms with Gasteiger partial charge >= 0.3 is 0 Å². The third kappa shape index (κ3) is 7.38. The smallest absolute Gasteiger partial charge is 0.194 e. The van der Waals surface area contributed by atoms with Crippen LogP contribution in [0.2, 0.25) is 0 Å². The Labute approximate surface area is 193 Å². The van der Waals surface area contributed by atoms with E-state index in [2.05, 4.69) is 52.4 Å². The summed E-state index contributed by atoms with van der Waals surface area (Å²) in [7, 11) is 1.76. The molecule has 2 aliphatic heterocycles. The Kier molecular flexibility index (Phi) is 11.3. The molecular formula is C22H37IN4O2. The standard InChI is InChI=1S/C22H36N4O2.HI/c1-3-23-22(24-12-8-5-9-14-27-2)26-17-20-21(18-26)28-15-13-25(20)16-19-10-6-4-7-11-19;/h4,6-7,10-11,20-21H,3,5,8-9,12-18H2,1-2H3,(H,23,24);1H. The fraction of sp³-hybridized carbons (Fsp3) is 0.682. The molecule has 0 spiro atoms. The van der Waals surface area contributed by atoms with E-state index in [0.717, 1.165) is 77.7 Å². The molecule has 7 heteroatoms. The van der Waals surface area contributed by atoms with E-state index in [0.29, 0.717) is 6.04 Å². The molecule has 2 aliphatic rings. The number of likely N-dealkylation sites (tertiary alicyclic amines) is 1. The van der Waals surface area contributed by atoms with Crippen molar-refractivity contribution in [1.82, 2.24) is 15.1 Å². The van der Waals surface area contributed by atoms with E-state index in [-0.39, 0.29) is 30.1 Å². The summed E-state index contributed by atoms with van der Waals surface area (Å²) in [6.07, 6.45) is 3.65. The number of nitrogens with one attached hydrogen (secondary N) is 1. The van der Waals surface area contributed by atoms with Gasteiger partial charge in [0.25, 0.3) is 0 Å². The predicted octanol–water partition coefficient (Wildman–Crippen LogP) is 2.97. The van der Waals surface area contributed by atoms with Crippen LogP contribution in [0.4, 0.5) is 0 Å². The van der Waals surface area contributed by atoms with Gasteiger partial charge in [0, 0.05) is 53.0 Å².